The molecule has 0 bridgehead atoms. The predicted octanol–water partition coefficient (Wildman–Crippen LogP) is 3.15. The van der Waals surface area contributed by atoms with Crippen molar-refractivity contribution in [2.24, 2.45) is 4.99 Å². The zero-order chi connectivity index (χ0) is 18.8. The lowest BCUT2D eigenvalue weighted by molar-refractivity contribution is -0.0705. The molecule has 0 saturated carbocycles. The van der Waals surface area contributed by atoms with Gasteiger partial charge in [-0.05, 0) is 31.4 Å². The zero-order valence-corrected chi connectivity index (χ0v) is 16.9. The van der Waals surface area contributed by atoms with Gasteiger partial charge in [-0.3, -0.25) is 9.89 Å². The Balaban J connectivity index is 1.89. The minimum absolute atomic E-state index is 0.301. The fourth-order valence-corrected chi connectivity index (χ4v) is 3.52. The summed E-state index contributed by atoms with van der Waals surface area (Å²) in [5.74, 6) is 0.879. The molecule has 1 fully saturated rings. The summed E-state index contributed by atoms with van der Waals surface area (Å²) in [6.07, 6.45) is 4.27. The molecule has 146 valence electrons. The number of ether oxygens (including phenoxy) is 1. The van der Waals surface area contributed by atoms with Crippen molar-refractivity contribution in [1.82, 2.24) is 15.5 Å². The van der Waals surface area contributed by atoms with E-state index < -0.39 is 0 Å². The Morgan fingerprint density at radius 3 is 2.46 bits per heavy atom. The third-order valence-electron chi connectivity index (χ3n) is 4.75. The molecule has 1 aliphatic rings. The zero-order valence-electron chi connectivity index (χ0n) is 16.9. The van der Waals surface area contributed by atoms with Crippen LogP contribution in [0.3, 0.4) is 0 Å². The van der Waals surface area contributed by atoms with Gasteiger partial charge < -0.3 is 15.4 Å². The molecule has 0 radical (unpaired) electrons. The number of aliphatic imine (C=N–C) groups is 1. The summed E-state index contributed by atoms with van der Waals surface area (Å²) in [6.45, 7) is 11.3. The Morgan fingerprint density at radius 2 is 1.81 bits per heavy atom. The van der Waals surface area contributed by atoms with Gasteiger partial charge in [-0.25, -0.2) is 0 Å². The van der Waals surface area contributed by atoms with Crippen LogP contribution in [0.2, 0.25) is 0 Å². The molecule has 2 unspecified atom stereocenters. The molecular weight excluding hydrogens is 324 g/mol. The summed E-state index contributed by atoms with van der Waals surface area (Å²) in [4.78, 5) is 6.83. The number of morpholine rings is 1. The van der Waals surface area contributed by atoms with Crippen LogP contribution < -0.4 is 10.6 Å². The highest BCUT2D eigenvalue weighted by molar-refractivity contribution is 5.79. The van der Waals surface area contributed by atoms with Gasteiger partial charge in [-0.1, -0.05) is 44.0 Å². The number of hydrogen-bond donors (Lipinski definition) is 2. The van der Waals surface area contributed by atoms with E-state index in [1.807, 2.05) is 7.05 Å². The molecule has 5 nitrogen and oxygen atoms in total. The van der Waals surface area contributed by atoms with Gasteiger partial charge in [-0.2, -0.15) is 0 Å². The van der Waals surface area contributed by atoms with Crippen molar-refractivity contribution in [2.45, 2.75) is 65.3 Å². The number of rotatable bonds is 8. The Labute approximate surface area is 159 Å². The van der Waals surface area contributed by atoms with Gasteiger partial charge in [0.2, 0.25) is 0 Å². The summed E-state index contributed by atoms with van der Waals surface area (Å²) < 4.78 is 5.85. The van der Waals surface area contributed by atoms with E-state index in [2.05, 4.69) is 65.6 Å². The summed E-state index contributed by atoms with van der Waals surface area (Å²) in [7, 11) is 1.83. The summed E-state index contributed by atoms with van der Waals surface area (Å²) >= 11 is 0. The maximum atomic E-state index is 5.85. The van der Waals surface area contributed by atoms with Crippen LogP contribution in [-0.2, 0) is 17.8 Å². The smallest absolute Gasteiger partial charge is 0.191 e. The highest BCUT2D eigenvalue weighted by Gasteiger charge is 2.22. The lowest BCUT2D eigenvalue weighted by atomic mass is 10.1. The third-order valence-corrected chi connectivity index (χ3v) is 4.75. The maximum absolute atomic E-state index is 5.85. The standard InChI is InChI=1S/C21H36N4O/c1-5-6-9-12-23-21(22-4)24-13-19-10-7-8-11-20(19)16-25-14-17(2)26-18(3)15-25/h7-8,10-11,17-18H,5-6,9,12-16H2,1-4H3,(H2,22,23,24). The van der Waals surface area contributed by atoms with Gasteiger partial charge in [0.05, 0.1) is 12.2 Å². The number of hydrogen-bond acceptors (Lipinski definition) is 3. The second-order valence-electron chi connectivity index (χ2n) is 7.28. The molecule has 26 heavy (non-hydrogen) atoms. The van der Waals surface area contributed by atoms with Crippen molar-refractivity contribution in [1.29, 1.82) is 0 Å². The van der Waals surface area contributed by atoms with Crippen LogP contribution in [0.5, 0.6) is 0 Å². The average Bonchev–Trinajstić information content (AvgIpc) is 2.61. The Morgan fingerprint density at radius 1 is 1.12 bits per heavy atom. The fraction of sp³-hybridized carbons (Fsp3) is 0.667. The number of benzene rings is 1. The topological polar surface area (TPSA) is 48.9 Å². The normalized spacial score (nSPS) is 21.6. The average molecular weight is 361 g/mol. The number of nitrogens with zero attached hydrogens (tertiary/aromatic N) is 2. The highest BCUT2D eigenvalue weighted by Crippen LogP contribution is 2.17. The van der Waals surface area contributed by atoms with E-state index in [-0.39, 0.29) is 0 Å². The molecule has 2 N–H and O–H groups in total. The molecule has 0 aliphatic carbocycles. The van der Waals surface area contributed by atoms with E-state index >= 15 is 0 Å². The number of nitrogens with one attached hydrogen (secondary N) is 2. The molecule has 5 heteroatoms. The van der Waals surface area contributed by atoms with E-state index in [0.29, 0.717) is 12.2 Å². The van der Waals surface area contributed by atoms with Crippen molar-refractivity contribution >= 4 is 5.96 Å². The van der Waals surface area contributed by atoms with Crippen LogP contribution >= 0.6 is 0 Å². The Hall–Kier alpha value is -1.59. The molecule has 1 heterocycles. The van der Waals surface area contributed by atoms with Gasteiger partial charge in [0.1, 0.15) is 0 Å². The van der Waals surface area contributed by atoms with Crippen LogP contribution in [0.1, 0.15) is 51.2 Å². The highest BCUT2D eigenvalue weighted by atomic mass is 16.5. The molecule has 1 aromatic carbocycles. The SMILES string of the molecule is CCCCCNC(=NC)NCc1ccccc1CN1CC(C)OC(C)C1. The van der Waals surface area contributed by atoms with E-state index in [9.17, 15) is 0 Å². The first-order valence-electron chi connectivity index (χ1n) is 10.0. The minimum Gasteiger partial charge on any atom is -0.373 e. The predicted molar refractivity (Wildman–Crippen MR) is 109 cm³/mol. The van der Waals surface area contributed by atoms with E-state index in [1.54, 1.807) is 0 Å². The fourth-order valence-electron chi connectivity index (χ4n) is 3.52. The molecule has 0 spiro atoms. The first-order valence-corrected chi connectivity index (χ1v) is 10.0. The molecule has 1 aliphatic heterocycles. The van der Waals surface area contributed by atoms with E-state index in [1.165, 1.54) is 30.4 Å². The van der Waals surface area contributed by atoms with E-state index in [0.717, 1.165) is 38.7 Å². The first-order chi connectivity index (χ1) is 12.6. The van der Waals surface area contributed by atoms with Gasteiger partial charge in [-0.15, -0.1) is 0 Å². The van der Waals surface area contributed by atoms with Crippen molar-refractivity contribution in [3.63, 3.8) is 0 Å². The first kappa shape index (κ1) is 20.7. The van der Waals surface area contributed by atoms with E-state index in [4.69, 9.17) is 4.74 Å². The molecule has 1 aromatic rings. The lowest BCUT2D eigenvalue weighted by Crippen LogP contribution is -2.45. The molecule has 2 rings (SSSR count). The second kappa shape index (κ2) is 11.2. The Kier molecular flexibility index (Phi) is 8.92. The van der Waals surface area contributed by atoms with Crippen molar-refractivity contribution in [2.75, 3.05) is 26.7 Å². The molecule has 0 amide bonds. The number of guanidine groups is 1. The van der Waals surface area contributed by atoms with Crippen LogP contribution in [0.4, 0.5) is 0 Å². The van der Waals surface area contributed by atoms with Crippen LogP contribution in [0, 0.1) is 0 Å². The third kappa shape index (κ3) is 6.96. The van der Waals surface area contributed by atoms with Crippen LogP contribution in [0.25, 0.3) is 0 Å². The Bertz CT molecular complexity index is 551. The molecule has 2 atom stereocenters. The van der Waals surface area contributed by atoms with Gasteiger partial charge >= 0.3 is 0 Å². The lowest BCUT2D eigenvalue weighted by Gasteiger charge is -2.35. The second-order valence-corrected chi connectivity index (χ2v) is 7.28. The van der Waals surface area contributed by atoms with Gasteiger partial charge in [0.15, 0.2) is 5.96 Å². The maximum Gasteiger partial charge on any atom is 0.191 e. The summed E-state index contributed by atoms with van der Waals surface area (Å²) in [6, 6.07) is 8.69. The van der Waals surface area contributed by atoms with Crippen molar-refractivity contribution < 1.29 is 4.74 Å². The number of unbranched alkanes of at least 4 members (excludes halogenated alkanes) is 2. The van der Waals surface area contributed by atoms with Crippen LogP contribution in [-0.4, -0.2) is 49.7 Å². The molecular formula is C21H36N4O. The van der Waals surface area contributed by atoms with Crippen LogP contribution in [0.15, 0.2) is 29.3 Å². The summed E-state index contributed by atoms with van der Waals surface area (Å²) in [5.41, 5.74) is 2.71. The van der Waals surface area contributed by atoms with Gasteiger partial charge in [0.25, 0.3) is 0 Å². The quantitative estimate of drug-likeness (QED) is 0.425. The minimum atomic E-state index is 0.301. The molecule has 0 aromatic heterocycles. The summed E-state index contributed by atoms with van der Waals surface area (Å²) in [5, 5.41) is 6.85. The van der Waals surface area contributed by atoms with Gasteiger partial charge in [0, 0.05) is 39.8 Å². The monoisotopic (exact) mass is 360 g/mol. The van der Waals surface area contributed by atoms with Crippen molar-refractivity contribution in [3.05, 3.63) is 35.4 Å². The molecule has 1 saturated heterocycles. The van der Waals surface area contributed by atoms with Crippen molar-refractivity contribution in [3.8, 4) is 0 Å². The largest absolute Gasteiger partial charge is 0.373 e.